The van der Waals surface area contributed by atoms with E-state index in [-0.39, 0.29) is 11.9 Å². The Hall–Kier alpha value is -3.41. The number of aromatic nitrogens is 4. The molecule has 0 unspecified atom stereocenters. The van der Waals surface area contributed by atoms with E-state index in [2.05, 4.69) is 45.1 Å². The number of fused-ring (bicyclic) bond motifs is 1. The first-order chi connectivity index (χ1) is 14.7. The van der Waals surface area contributed by atoms with Crippen LogP contribution < -0.4 is 5.32 Å². The lowest BCUT2D eigenvalue weighted by molar-refractivity contribution is 0.0902. The van der Waals surface area contributed by atoms with Gasteiger partial charge in [-0.25, -0.2) is 4.68 Å². The SMILES string of the molecule is C[C@H]1CCCC[C@@H]1NC(=O)c1ccnn1-c1ccc2ccc(-c3ccncc3)cn12. The number of nitrogens with zero attached hydrogens (tertiary/aromatic N) is 4. The fourth-order valence-corrected chi connectivity index (χ4v) is 4.41. The Morgan fingerprint density at radius 1 is 0.967 bits per heavy atom. The predicted molar refractivity (Wildman–Crippen MR) is 117 cm³/mol. The summed E-state index contributed by atoms with van der Waals surface area (Å²) in [5.74, 6) is 1.29. The Balaban J connectivity index is 1.49. The van der Waals surface area contributed by atoms with E-state index in [9.17, 15) is 4.79 Å². The van der Waals surface area contributed by atoms with Crippen LogP contribution in [0.2, 0.25) is 0 Å². The molecular formula is C24H25N5O. The highest BCUT2D eigenvalue weighted by atomic mass is 16.2. The van der Waals surface area contributed by atoms with Gasteiger partial charge in [0.25, 0.3) is 5.91 Å². The Bertz CT molecular complexity index is 1180. The van der Waals surface area contributed by atoms with Crippen LogP contribution in [0.15, 0.2) is 67.3 Å². The molecule has 4 aromatic heterocycles. The van der Waals surface area contributed by atoms with Crippen molar-refractivity contribution >= 4 is 11.4 Å². The van der Waals surface area contributed by atoms with E-state index in [0.717, 1.165) is 28.9 Å². The van der Waals surface area contributed by atoms with Crippen molar-refractivity contribution in [1.29, 1.82) is 0 Å². The molecule has 6 nitrogen and oxygen atoms in total. The molecule has 1 amide bonds. The van der Waals surface area contributed by atoms with Gasteiger partial charge in [0.2, 0.25) is 0 Å². The monoisotopic (exact) mass is 399 g/mol. The van der Waals surface area contributed by atoms with Gasteiger partial charge in [-0.2, -0.15) is 5.10 Å². The molecule has 0 radical (unpaired) electrons. The molecule has 1 N–H and O–H groups in total. The molecule has 4 aromatic rings. The van der Waals surface area contributed by atoms with Gasteiger partial charge in [0, 0.05) is 30.1 Å². The zero-order chi connectivity index (χ0) is 20.5. The average Bonchev–Trinajstić information content (AvgIpc) is 3.42. The summed E-state index contributed by atoms with van der Waals surface area (Å²) in [6, 6.07) is 14.2. The standard InChI is InChI=1S/C24H25N5O/c1-17-4-2-3-5-21(17)27-24(30)22-12-15-26-29(22)23-9-8-20-7-6-19(16-28(20)23)18-10-13-25-14-11-18/h6-17,21H,2-5H2,1H3,(H,27,30)/t17-,21-/m0/s1. The highest BCUT2D eigenvalue weighted by Gasteiger charge is 2.25. The number of carbonyl (C=O) groups excluding carboxylic acids is 1. The zero-order valence-corrected chi connectivity index (χ0v) is 17.0. The smallest absolute Gasteiger partial charge is 0.270 e. The lowest BCUT2D eigenvalue weighted by atomic mass is 9.86. The normalized spacial score (nSPS) is 19.1. The highest BCUT2D eigenvalue weighted by Crippen LogP contribution is 2.25. The van der Waals surface area contributed by atoms with Crippen LogP contribution >= 0.6 is 0 Å². The van der Waals surface area contributed by atoms with E-state index in [4.69, 9.17) is 0 Å². The summed E-state index contributed by atoms with van der Waals surface area (Å²) >= 11 is 0. The van der Waals surface area contributed by atoms with Crippen molar-refractivity contribution in [2.45, 2.75) is 38.6 Å². The summed E-state index contributed by atoms with van der Waals surface area (Å²) in [4.78, 5) is 17.2. The first kappa shape index (κ1) is 18.6. The predicted octanol–water partition coefficient (Wildman–Crippen LogP) is 4.50. The summed E-state index contributed by atoms with van der Waals surface area (Å²) in [5, 5.41) is 7.71. The maximum absolute atomic E-state index is 13.1. The van der Waals surface area contributed by atoms with Crippen molar-refractivity contribution in [1.82, 2.24) is 24.5 Å². The van der Waals surface area contributed by atoms with Crippen molar-refractivity contribution in [3.63, 3.8) is 0 Å². The van der Waals surface area contributed by atoms with Crippen LogP contribution in [-0.4, -0.2) is 31.1 Å². The molecule has 0 aromatic carbocycles. The van der Waals surface area contributed by atoms with Crippen LogP contribution in [-0.2, 0) is 0 Å². The highest BCUT2D eigenvalue weighted by molar-refractivity contribution is 5.93. The number of nitrogens with one attached hydrogen (secondary N) is 1. The van der Waals surface area contributed by atoms with Crippen molar-refractivity contribution in [3.05, 3.63) is 72.9 Å². The quantitative estimate of drug-likeness (QED) is 0.550. The van der Waals surface area contributed by atoms with Crippen molar-refractivity contribution < 1.29 is 4.79 Å². The molecule has 152 valence electrons. The van der Waals surface area contributed by atoms with Gasteiger partial charge in [0.1, 0.15) is 11.5 Å². The third-order valence-corrected chi connectivity index (χ3v) is 6.16. The molecule has 0 spiro atoms. The fourth-order valence-electron chi connectivity index (χ4n) is 4.41. The van der Waals surface area contributed by atoms with Gasteiger partial charge in [0.05, 0.1) is 6.20 Å². The van der Waals surface area contributed by atoms with Crippen LogP contribution in [0.5, 0.6) is 0 Å². The van der Waals surface area contributed by atoms with E-state index in [1.165, 1.54) is 19.3 Å². The molecule has 1 saturated carbocycles. The second-order valence-corrected chi connectivity index (χ2v) is 8.11. The van der Waals surface area contributed by atoms with Gasteiger partial charge < -0.3 is 9.72 Å². The Labute approximate surface area is 175 Å². The lowest BCUT2D eigenvalue weighted by Gasteiger charge is -2.29. The molecule has 0 saturated heterocycles. The summed E-state index contributed by atoms with van der Waals surface area (Å²) < 4.78 is 3.80. The molecule has 1 aliphatic carbocycles. The van der Waals surface area contributed by atoms with Gasteiger partial charge in [-0.1, -0.05) is 25.8 Å². The van der Waals surface area contributed by atoms with Gasteiger partial charge in [-0.15, -0.1) is 0 Å². The number of carbonyl (C=O) groups is 1. The molecule has 0 bridgehead atoms. The molecular weight excluding hydrogens is 374 g/mol. The summed E-state index contributed by atoms with van der Waals surface area (Å²) in [6.07, 6.45) is 12.0. The Morgan fingerprint density at radius 3 is 2.60 bits per heavy atom. The first-order valence-electron chi connectivity index (χ1n) is 10.6. The van der Waals surface area contributed by atoms with Crippen LogP contribution in [0.4, 0.5) is 0 Å². The summed E-state index contributed by atoms with van der Waals surface area (Å²) in [6.45, 7) is 2.22. The minimum Gasteiger partial charge on any atom is -0.348 e. The van der Waals surface area contributed by atoms with Crippen molar-refractivity contribution in [2.24, 2.45) is 5.92 Å². The third-order valence-electron chi connectivity index (χ3n) is 6.16. The van der Waals surface area contributed by atoms with E-state index >= 15 is 0 Å². The minimum atomic E-state index is -0.0634. The fraction of sp³-hybridized carbons (Fsp3) is 0.292. The second kappa shape index (κ2) is 7.78. The largest absolute Gasteiger partial charge is 0.348 e. The molecule has 0 aliphatic heterocycles. The molecule has 4 heterocycles. The van der Waals surface area contributed by atoms with Gasteiger partial charge in [-0.3, -0.25) is 9.78 Å². The number of pyridine rings is 2. The number of rotatable bonds is 4. The topological polar surface area (TPSA) is 64.2 Å². The van der Waals surface area contributed by atoms with E-state index in [0.29, 0.717) is 11.6 Å². The molecule has 5 rings (SSSR count). The summed E-state index contributed by atoms with van der Waals surface area (Å²) in [7, 11) is 0. The van der Waals surface area contributed by atoms with Gasteiger partial charge in [-0.05, 0) is 66.3 Å². The summed E-state index contributed by atoms with van der Waals surface area (Å²) in [5.41, 5.74) is 3.78. The van der Waals surface area contributed by atoms with E-state index < -0.39 is 0 Å². The van der Waals surface area contributed by atoms with Crippen LogP contribution in [0.3, 0.4) is 0 Å². The maximum atomic E-state index is 13.1. The average molecular weight is 399 g/mol. The Morgan fingerprint density at radius 2 is 1.77 bits per heavy atom. The van der Waals surface area contributed by atoms with E-state index in [1.807, 2.05) is 24.3 Å². The van der Waals surface area contributed by atoms with Crippen molar-refractivity contribution in [2.75, 3.05) is 0 Å². The maximum Gasteiger partial charge on any atom is 0.270 e. The van der Waals surface area contributed by atoms with Crippen molar-refractivity contribution in [3.8, 4) is 16.9 Å². The molecule has 1 fully saturated rings. The minimum absolute atomic E-state index is 0.0634. The molecule has 30 heavy (non-hydrogen) atoms. The number of hydrogen-bond acceptors (Lipinski definition) is 3. The number of amides is 1. The van der Waals surface area contributed by atoms with Gasteiger partial charge >= 0.3 is 0 Å². The lowest BCUT2D eigenvalue weighted by Crippen LogP contribution is -2.41. The Kier molecular flexibility index (Phi) is 4.83. The van der Waals surface area contributed by atoms with Crippen LogP contribution in [0.25, 0.3) is 22.5 Å². The first-order valence-corrected chi connectivity index (χ1v) is 10.6. The molecule has 1 aliphatic rings. The third kappa shape index (κ3) is 3.38. The zero-order valence-electron chi connectivity index (χ0n) is 17.0. The van der Waals surface area contributed by atoms with Crippen LogP contribution in [0.1, 0.15) is 43.1 Å². The second-order valence-electron chi connectivity index (χ2n) is 8.11. The van der Waals surface area contributed by atoms with Gasteiger partial charge in [0.15, 0.2) is 0 Å². The molecule has 6 heteroatoms. The molecule has 2 atom stereocenters. The number of hydrogen-bond donors (Lipinski definition) is 1. The van der Waals surface area contributed by atoms with E-state index in [1.54, 1.807) is 29.3 Å². The van der Waals surface area contributed by atoms with Crippen LogP contribution in [0, 0.1) is 5.92 Å².